The third-order valence-corrected chi connectivity index (χ3v) is 3.75. The standard InChI is InChI=1S/C14H16ClN3O2S/c1-10-4-3-7-16-14(10)9-17-11-5-6-13(12(15)8-11)18-21(2,19)20/h3-8,17-18H,9H2,1-2H3. The van der Waals surface area contributed by atoms with E-state index in [1.807, 2.05) is 19.1 Å². The van der Waals surface area contributed by atoms with E-state index in [0.717, 1.165) is 23.2 Å². The molecule has 2 aromatic rings. The van der Waals surface area contributed by atoms with Crippen LogP contribution in [-0.2, 0) is 16.6 Å². The lowest BCUT2D eigenvalue weighted by molar-refractivity contribution is 0.607. The van der Waals surface area contributed by atoms with Crippen LogP contribution >= 0.6 is 11.6 Å². The van der Waals surface area contributed by atoms with Gasteiger partial charge in [0.05, 0.1) is 29.2 Å². The molecule has 7 heteroatoms. The monoisotopic (exact) mass is 325 g/mol. The van der Waals surface area contributed by atoms with Crippen LogP contribution in [0.5, 0.6) is 0 Å². The summed E-state index contributed by atoms with van der Waals surface area (Å²) in [6, 6.07) is 8.94. The van der Waals surface area contributed by atoms with Crippen LogP contribution in [0, 0.1) is 6.92 Å². The van der Waals surface area contributed by atoms with E-state index >= 15 is 0 Å². The molecule has 1 aromatic heterocycles. The molecule has 2 rings (SSSR count). The van der Waals surface area contributed by atoms with Gasteiger partial charge in [0, 0.05) is 11.9 Å². The molecule has 0 aliphatic heterocycles. The second-order valence-electron chi connectivity index (χ2n) is 4.69. The Morgan fingerprint density at radius 2 is 2.05 bits per heavy atom. The molecular weight excluding hydrogens is 310 g/mol. The molecule has 5 nitrogen and oxygen atoms in total. The molecule has 0 radical (unpaired) electrons. The van der Waals surface area contributed by atoms with Gasteiger partial charge in [-0.3, -0.25) is 9.71 Å². The van der Waals surface area contributed by atoms with Gasteiger partial charge in [-0.05, 0) is 36.8 Å². The number of rotatable bonds is 5. The maximum absolute atomic E-state index is 11.2. The number of anilines is 2. The number of hydrogen-bond acceptors (Lipinski definition) is 4. The number of aromatic nitrogens is 1. The maximum Gasteiger partial charge on any atom is 0.229 e. The predicted octanol–water partition coefficient (Wildman–Crippen LogP) is 3.03. The largest absolute Gasteiger partial charge is 0.379 e. The van der Waals surface area contributed by atoms with Crippen molar-refractivity contribution in [2.24, 2.45) is 0 Å². The molecule has 1 heterocycles. The maximum atomic E-state index is 11.2. The minimum absolute atomic E-state index is 0.336. The average molecular weight is 326 g/mol. The van der Waals surface area contributed by atoms with E-state index in [2.05, 4.69) is 15.0 Å². The highest BCUT2D eigenvalue weighted by Crippen LogP contribution is 2.26. The minimum Gasteiger partial charge on any atom is -0.379 e. The zero-order valence-corrected chi connectivity index (χ0v) is 13.3. The van der Waals surface area contributed by atoms with E-state index in [1.165, 1.54) is 0 Å². The molecule has 2 N–H and O–H groups in total. The average Bonchev–Trinajstić information content (AvgIpc) is 2.39. The second-order valence-corrected chi connectivity index (χ2v) is 6.85. The summed E-state index contributed by atoms with van der Waals surface area (Å²) < 4.78 is 24.7. The molecule has 0 saturated carbocycles. The first-order chi connectivity index (χ1) is 9.85. The molecular formula is C14H16ClN3O2S. The Morgan fingerprint density at radius 1 is 1.29 bits per heavy atom. The first kappa shape index (κ1) is 15.6. The summed E-state index contributed by atoms with van der Waals surface area (Å²) in [6.07, 6.45) is 2.83. The number of aryl methyl sites for hydroxylation is 1. The molecule has 112 valence electrons. The van der Waals surface area contributed by atoms with Gasteiger partial charge in [0.25, 0.3) is 0 Å². The van der Waals surface area contributed by atoms with Gasteiger partial charge in [0.15, 0.2) is 0 Å². The summed E-state index contributed by atoms with van der Waals surface area (Å²) in [4.78, 5) is 4.29. The van der Waals surface area contributed by atoms with E-state index in [4.69, 9.17) is 11.6 Å². The third-order valence-electron chi connectivity index (χ3n) is 2.84. The third kappa shape index (κ3) is 4.61. The predicted molar refractivity (Wildman–Crippen MR) is 86.2 cm³/mol. The van der Waals surface area contributed by atoms with Gasteiger partial charge in [-0.15, -0.1) is 0 Å². The lowest BCUT2D eigenvalue weighted by Crippen LogP contribution is -2.10. The summed E-state index contributed by atoms with van der Waals surface area (Å²) in [6.45, 7) is 2.57. The second kappa shape index (κ2) is 6.32. The van der Waals surface area contributed by atoms with Crippen LogP contribution in [-0.4, -0.2) is 19.7 Å². The van der Waals surface area contributed by atoms with Crippen LogP contribution in [0.3, 0.4) is 0 Å². The zero-order chi connectivity index (χ0) is 15.5. The van der Waals surface area contributed by atoms with Gasteiger partial charge in [0.2, 0.25) is 10.0 Å². The number of halogens is 1. The van der Waals surface area contributed by atoms with E-state index in [9.17, 15) is 8.42 Å². The Kier molecular flexibility index (Phi) is 4.69. The van der Waals surface area contributed by atoms with E-state index in [0.29, 0.717) is 17.3 Å². The molecule has 0 aliphatic rings. The number of nitrogens with one attached hydrogen (secondary N) is 2. The number of nitrogens with zero attached hydrogens (tertiary/aromatic N) is 1. The lowest BCUT2D eigenvalue weighted by atomic mass is 10.2. The van der Waals surface area contributed by atoms with Crippen molar-refractivity contribution in [2.45, 2.75) is 13.5 Å². The highest BCUT2D eigenvalue weighted by Gasteiger charge is 2.07. The Balaban J connectivity index is 2.09. The summed E-state index contributed by atoms with van der Waals surface area (Å²) in [5.41, 5.74) is 3.21. The Hall–Kier alpha value is -1.79. The van der Waals surface area contributed by atoms with Crippen molar-refractivity contribution in [3.8, 4) is 0 Å². The molecule has 0 aliphatic carbocycles. The van der Waals surface area contributed by atoms with Crippen molar-refractivity contribution >= 4 is 33.0 Å². The van der Waals surface area contributed by atoms with Crippen molar-refractivity contribution < 1.29 is 8.42 Å². The van der Waals surface area contributed by atoms with Gasteiger partial charge in [0.1, 0.15) is 0 Å². The lowest BCUT2D eigenvalue weighted by Gasteiger charge is -2.11. The topological polar surface area (TPSA) is 71.1 Å². The fourth-order valence-electron chi connectivity index (χ4n) is 1.80. The normalized spacial score (nSPS) is 11.2. The Labute approximate surface area is 129 Å². The molecule has 0 amide bonds. The van der Waals surface area contributed by atoms with Gasteiger partial charge >= 0.3 is 0 Å². The van der Waals surface area contributed by atoms with E-state index in [1.54, 1.807) is 24.4 Å². The molecule has 0 spiro atoms. The van der Waals surface area contributed by atoms with Gasteiger partial charge in [-0.25, -0.2) is 8.42 Å². The van der Waals surface area contributed by atoms with Crippen LogP contribution in [0.1, 0.15) is 11.3 Å². The molecule has 1 aromatic carbocycles. The summed E-state index contributed by atoms with van der Waals surface area (Å²) in [5, 5.41) is 3.54. The molecule has 21 heavy (non-hydrogen) atoms. The number of pyridine rings is 1. The van der Waals surface area contributed by atoms with Crippen molar-refractivity contribution in [1.82, 2.24) is 4.98 Å². The highest BCUT2D eigenvalue weighted by molar-refractivity contribution is 7.92. The quantitative estimate of drug-likeness (QED) is 0.886. The Bertz CT molecular complexity index is 748. The van der Waals surface area contributed by atoms with Gasteiger partial charge in [-0.2, -0.15) is 0 Å². The summed E-state index contributed by atoms with van der Waals surface area (Å²) in [7, 11) is -3.34. The number of hydrogen-bond donors (Lipinski definition) is 2. The minimum atomic E-state index is -3.34. The smallest absolute Gasteiger partial charge is 0.229 e. The number of benzene rings is 1. The fourth-order valence-corrected chi connectivity index (χ4v) is 2.66. The molecule has 0 unspecified atom stereocenters. The fraction of sp³-hybridized carbons (Fsp3) is 0.214. The summed E-state index contributed by atoms with van der Waals surface area (Å²) >= 11 is 6.07. The van der Waals surface area contributed by atoms with Gasteiger partial charge in [-0.1, -0.05) is 17.7 Å². The molecule has 0 fully saturated rings. The van der Waals surface area contributed by atoms with Crippen LogP contribution in [0.4, 0.5) is 11.4 Å². The molecule has 0 bridgehead atoms. The van der Waals surface area contributed by atoms with Crippen LogP contribution in [0.2, 0.25) is 5.02 Å². The first-order valence-electron chi connectivity index (χ1n) is 6.27. The van der Waals surface area contributed by atoms with Crippen molar-refractivity contribution in [3.63, 3.8) is 0 Å². The van der Waals surface area contributed by atoms with Crippen LogP contribution in [0.15, 0.2) is 36.5 Å². The summed E-state index contributed by atoms with van der Waals surface area (Å²) in [5.74, 6) is 0. The van der Waals surface area contributed by atoms with Crippen molar-refractivity contribution in [1.29, 1.82) is 0 Å². The zero-order valence-electron chi connectivity index (χ0n) is 11.7. The van der Waals surface area contributed by atoms with E-state index in [-0.39, 0.29) is 0 Å². The van der Waals surface area contributed by atoms with Crippen LogP contribution < -0.4 is 10.0 Å². The highest BCUT2D eigenvalue weighted by atomic mass is 35.5. The van der Waals surface area contributed by atoms with Crippen molar-refractivity contribution in [3.05, 3.63) is 52.8 Å². The van der Waals surface area contributed by atoms with Gasteiger partial charge < -0.3 is 5.32 Å². The van der Waals surface area contributed by atoms with E-state index < -0.39 is 10.0 Å². The Morgan fingerprint density at radius 3 is 2.67 bits per heavy atom. The van der Waals surface area contributed by atoms with Crippen molar-refractivity contribution in [2.75, 3.05) is 16.3 Å². The molecule has 0 atom stereocenters. The molecule has 0 saturated heterocycles. The van der Waals surface area contributed by atoms with Crippen LogP contribution in [0.25, 0.3) is 0 Å². The number of sulfonamides is 1. The first-order valence-corrected chi connectivity index (χ1v) is 8.54. The SMILES string of the molecule is Cc1cccnc1CNc1ccc(NS(C)(=O)=O)c(Cl)c1.